The molecule has 2 amide bonds. The lowest BCUT2D eigenvalue weighted by atomic mass is 9.98. The van der Waals surface area contributed by atoms with E-state index in [1.54, 1.807) is 0 Å². The first-order valence-electron chi connectivity index (χ1n) is 11.0. The number of carbonyl (C=O) groups is 1. The summed E-state index contributed by atoms with van der Waals surface area (Å²) in [6.45, 7) is 7.09. The average molecular weight is 412 g/mol. The van der Waals surface area contributed by atoms with Crippen LogP contribution in [0.4, 0.5) is 4.79 Å². The molecule has 2 heterocycles. The molecule has 2 aromatic rings. The molecule has 0 radical (unpaired) electrons. The second-order valence-electron chi connectivity index (χ2n) is 8.69. The third-order valence-corrected chi connectivity index (χ3v) is 7.13. The van der Waals surface area contributed by atoms with Crippen LogP contribution in [0, 0.1) is 11.8 Å². The molecule has 2 aliphatic rings. The minimum absolute atomic E-state index is 0.101. The highest BCUT2D eigenvalue weighted by Crippen LogP contribution is 2.33. The second-order valence-corrected chi connectivity index (χ2v) is 9.72. The normalized spacial score (nSPS) is 20.9. The Labute approximate surface area is 178 Å². The van der Waals surface area contributed by atoms with Crippen molar-refractivity contribution in [3.63, 3.8) is 0 Å². The molecule has 156 valence electrons. The number of benzene rings is 1. The third kappa shape index (κ3) is 5.83. The van der Waals surface area contributed by atoms with Crippen LogP contribution in [0.2, 0.25) is 0 Å². The predicted octanol–water partition coefficient (Wildman–Crippen LogP) is 5.14. The molecule has 5 heteroatoms. The van der Waals surface area contributed by atoms with E-state index in [1.165, 1.54) is 42.7 Å². The summed E-state index contributed by atoms with van der Waals surface area (Å²) in [4.78, 5) is 19.1. The lowest BCUT2D eigenvalue weighted by Gasteiger charge is -2.34. The van der Waals surface area contributed by atoms with Crippen LogP contribution in [-0.2, 0) is 6.54 Å². The summed E-state index contributed by atoms with van der Waals surface area (Å²) in [5.74, 6) is 1.23. The second kappa shape index (κ2) is 9.77. The number of carbonyl (C=O) groups excluding carboxylic acids is 1. The van der Waals surface area contributed by atoms with Gasteiger partial charge < -0.3 is 10.2 Å². The monoisotopic (exact) mass is 411 g/mol. The predicted molar refractivity (Wildman–Crippen MR) is 120 cm³/mol. The summed E-state index contributed by atoms with van der Waals surface area (Å²) in [7, 11) is 0. The van der Waals surface area contributed by atoms with Crippen molar-refractivity contribution in [2.75, 3.05) is 26.2 Å². The summed E-state index contributed by atoms with van der Waals surface area (Å²) < 4.78 is 0. The number of urea groups is 1. The van der Waals surface area contributed by atoms with Crippen LogP contribution < -0.4 is 5.32 Å². The molecule has 1 saturated heterocycles. The lowest BCUT2D eigenvalue weighted by molar-refractivity contribution is 0.154. The third-order valence-electron chi connectivity index (χ3n) is 6.27. The van der Waals surface area contributed by atoms with Crippen LogP contribution in [0.25, 0.3) is 0 Å². The number of likely N-dealkylation sites (tertiary alicyclic amines) is 1. The van der Waals surface area contributed by atoms with Crippen molar-refractivity contribution in [1.82, 2.24) is 15.1 Å². The summed E-state index contributed by atoms with van der Waals surface area (Å²) in [5.41, 5.74) is 1.21. The highest BCUT2D eigenvalue weighted by molar-refractivity contribution is 7.09. The topological polar surface area (TPSA) is 35.6 Å². The minimum atomic E-state index is 0.101. The van der Waals surface area contributed by atoms with Crippen LogP contribution in [0.15, 0.2) is 47.8 Å². The van der Waals surface area contributed by atoms with Gasteiger partial charge in [-0.15, -0.1) is 11.3 Å². The van der Waals surface area contributed by atoms with Gasteiger partial charge in [0.2, 0.25) is 0 Å². The largest absolute Gasteiger partial charge is 0.338 e. The SMILES string of the molecule is CC(c1ccccc1)N(CC1CC1)C(=O)NCC1CCCN(Cc2cccs2)C1. The molecule has 4 nitrogen and oxygen atoms in total. The van der Waals surface area contributed by atoms with Gasteiger partial charge in [-0.25, -0.2) is 4.79 Å². The first-order valence-corrected chi connectivity index (χ1v) is 11.9. The number of rotatable bonds is 8. The summed E-state index contributed by atoms with van der Waals surface area (Å²) in [5, 5.41) is 5.43. The van der Waals surface area contributed by atoms with Gasteiger partial charge in [0.15, 0.2) is 0 Å². The van der Waals surface area contributed by atoms with E-state index in [0.29, 0.717) is 11.8 Å². The van der Waals surface area contributed by atoms with Crippen molar-refractivity contribution >= 4 is 17.4 Å². The number of nitrogens with zero attached hydrogens (tertiary/aromatic N) is 2. The first kappa shape index (κ1) is 20.4. The van der Waals surface area contributed by atoms with Crippen LogP contribution in [0.1, 0.15) is 49.1 Å². The van der Waals surface area contributed by atoms with Crippen molar-refractivity contribution in [3.05, 3.63) is 58.3 Å². The van der Waals surface area contributed by atoms with Gasteiger partial charge in [0, 0.05) is 31.1 Å². The van der Waals surface area contributed by atoms with E-state index in [2.05, 4.69) is 63.8 Å². The Balaban J connectivity index is 1.31. The summed E-state index contributed by atoms with van der Waals surface area (Å²) in [6.07, 6.45) is 4.94. The van der Waals surface area contributed by atoms with E-state index in [-0.39, 0.29) is 12.1 Å². The smallest absolute Gasteiger partial charge is 0.317 e. The van der Waals surface area contributed by atoms with Crippen molar-refractivity contribution < 1.29 is 4.79 Å². The molecule has 0 bridgehead atoms. The molecular weight excluding hydrogens is 378 g/mol. The highest BCUT2D eigenvalue weighted by Gasteiger charge is 2.30. The van der Waals surface area contributed by atoms with E-state index in [0.717, 1.165) is 26.2 Å². The fourth-order valence-electron chi connectivity index (χ4n) is 4.32. The summed E-state index contributed by atoms with van der Waals surface area (Å²) in [6, 6.07) is 15.0. The van der Waals surface area contributed by atoms with E-state index in [1.807, 2.05) is 17.4 Å². The minimum Gasteiger partial charge on any atom is -0.338 e. The maximum absolute atomic E-state index is 13.1. The number of nitrogens with one attached hydrogen (secondary N) is 1. The highest BCUT2D eigenvalue weighted by atomic mass is 32.1. The van der Waals surface area contributed by atoms with Gasteiger partial charge in [-0.05, 0) is 68.0 Å². The number of hydrogen-bond donors (Lipinski definition) is 1. The van der Waals surface area contributed by atoms with E-state index in [9.17, 15) is 4.79 Å². The zero-order valence-electron chi connectivity index (χ0n) is 17.4. The molecule has 1 aromatic heterocycles. The fraction of sp³-hybridized carbons (Fsp3) is 0.542. The van der Waals surface area contributed by atoms with Gasteiger partial charge in [-0.3, -0.25) is 4.90 Å². The van der Waals surface area contributed by atoms with Crippen LogP contribution in [0.3, 0.4) is 0 Å². The molecule has 1 aliphatic carbocycles. The lowest BCUT2D eigenvalue weighted by Crippen LogP contribution is -2.46. The van der Waals surface area contributed by atoms with E-state index in [4.69, 9.17) is 0 Å². The number of thiophene rings is 1. The zero-order chi connectivity index (χ0) is 20.1. The zero-order valence-corrected chi connectivity index (χ0v) is 18.2. The Hall–Kier alpha value is -1.85. The molecule has 2 fully saturated rings. The van der Waals surface area contributed by atoms with Gasteiger partial charge in [-0.2, -0.15) is 0 Å². The number of amides is 2. The Morgan fingerprint density at radius 3 is 2.72 bits per heavy atom. The molecule has 4 rings (SSSR count). The molecule has 2 atom stereocenters. The standard InChI is InChI=1S/C24H33N3OS/c1-19(22-8-3-2-4-9-22)27(17-20-11-12-20)24(28)25-15-21-7-5-13-26(16-21)18-23-10-6-14-29-23/h2-4,6,8-10,14,19-21H,5,7,11-13,15-18H2,1H3,(H,25,28). The van der Waals surface area contributed by atoms with E-state index < -0.39 is 0 Å². The molecule has 2 unspecified atom stereocenters. The molecular formula is C24H33N3OS. The van der Waals surface area contributed by atoms with Crippen LogP contribution in [-0.4, -0.2) is 42.0 Å². The maximum atomic E-state index is 13.1. The van der Waals surface area contributed by atoms with Gasteiger partial charge in [0.25, 0.3) is 0 Å². The molecule has 1 N–H and O–H groups in total. The Morgan fingerprint density at radius 2 is 2.00 bits per heavy atom. The van der Waals surface area contributed by atoms with E-state index >= 15 is 0 Å². The van der Waals surface area contributed by atoms with Crippen molar-refractivity contribution in [1.29, 1.82) is 0 Å². The molecule has 1 aliphatic heterocycles. The summed E-state index contributed by atoms with van der Waals surface area (Å²) >= 11 is 1.83. The average Bonchev–Trinajstić information content (AvgIpc) is 3.44. The van der Waals surface area contributed by atoms with Gasteiger partial charge in [0.05, 0.1) is 6.04 Å². The maximum Gasteiger partial charge on any atom is 0.317 e. The Bertz CT molecular complexity index is 760. The van der Waals surface area contributed by atoms with Crippen LogP contribution >= 0.6 is 11.3 Å². The van der Waals surface area contributed by atoms with Crippen molar-refractivity contribution in [2.45, 2.75) is 45.2 Å². The van der Waals surface area contributed by atoms with Gasteiger partial charge in [0.1, 0.15) is 0 Å². The van der Waals surface area contributed by atoms with Gasteiger partial charge in [-0.1, -0.05) is 36.4 Å². The fourth-order valence-corrected chi connectivity index (χ4v) is 5.07. The van der Waals surface area contributed by atoms with Crippen LogP contribution in [0.5, 0.6) is 0 Å². The molecule has 1 aromatic carbocycles. The molecule has 29 heavy (non-hydrogen) atoms. The van der Waals surface area contributed by atoms with Crippen molar-refractivity contribution in [3.8, 4) is 0 Å². The Kier molecular flexibility index (Phi) is 6.88. The van der Waals surface area contributed by atoms with Gasteiger partial charge >= 0.3 is 6.03 Å². The molecule has 0 spiro atoms. The van der Waals surface area contributed by atoms with Crippen molar-refractivity contribution in [2.24, 2.45) is 11.8 Å². The number of hydrogen-bond acceptors (Lipinski definition) is 3. The quantitative estimate of drug-likeness (QED) is 0.653. The molecule has 1 saturated carbocycles. The number of piperidine rings is 1. The first-order chi connectivity index (χ1) is 14.2. The Morgan fingerprint density at radius 1 is 1.17 bits per heavy atom.